The predicted octanol–water partition coefficient (Wildman–Crippen LogP) is 4.11. The summed E-state index contributed by atoms with van der Waals surface area (Å²) >= 11 is 14.4. The second-order valence-corrected chi connectivity index (χ2v) is 8.07. The lowest BCUT2D eigenvalue weighted by Gasteiger charge is -2.25. The molecule has 0 N–H and O–H groups in total. The van der Waals surface area contributed by atoms with Crippen LogP contribution < -0.4 is 0 Å². The number of carbonyl (C=O) groups is 3. The molecule has 0 fully saturated rings. The molecule has 0 radical (unpaired) electrons. The van der Waals surface area contributed by atoms with Crippen LogP contribution in [0.4, 0.5) is 0 Å². The van der Waals surface area contributed by atoms with Crippen LogP contribution in [0.15, 0.2) is 29.2 Å². The first kappa shape index (κ1) is 25.1. The molecule has 0 aromatic heterocycles. The molecular weight excluding hydrogens is 538 g/mol. The van der Waals surface area contributed by atoms with Crippen molar-refractivity contribution in [3.8, 4) is 12.3 Å². The van der Waals surface area contributed by atoms with E-state index in [0.717, 1.165) is 4.90 Å². The van der Waals surface area contributed by atoms with E-state index < -0.39 is 17.4 Å². The van der Waals surface area contributed by atoms with Gasteiger partial charge in [0.2, 0.25) is 11.4 Å². The van der Waals surface area contributed by atoms with Crippen molar-refractivity contribution in [3.05, 3.63) is 29.8 Å². The predicted molar refractivity (Wildman–Crippen MR) is 120 cm³/mol. The minimum atomic E-state index is -1.66. The number of esters is 2. The Hall–Kier alpha value is -0.950. The maximum atomic E-state index is 12.8. The molecule has 1 unspecified atom stereocenters. The van der Waals surface area contributed by atoms with Crippen LogP contribution in [0, 0.1) is 12.3 Å². The maximum Gasteiger partial charge on any atom is 0.308 e. The Balaban J connectivity index is 2.72. The van der Waals surface area contributed by atoms with Gasteiger partial charge in [-0.1, -0.05) is 34.7 Å². The zero-order chi connectivity index (χ0) is 21.0. The molecule has 0 saturated heterocycles. The van der Waals surface area contributed by atoms with E-state index in [2.05, 4.69) is 5.92 Å². The van der Waals surface area contributed by atoms with Crippen molar-refractivity contribution in [3.63, 3.8) is 0 Å². The molecular formula is C19H19Cl2IO5S. The first-order valence-corrected chi connectivity index (χ1v) is 11.8. The second-order valence-electron chi connectivity index (χ2n) is 5.38. The smallest absolute Gasteiger partial charge is 0.308 e. The number of hydrogen-bond donors (Lipinski definition) is 0. The van der Waals surface area contributed by atoms with E-state index in [1.807, 2.05) is 22.6 Å². The molecule has 1 aromatic rings. The number of rotatable bonds is 12. The zero-order valence-electron chi connectivity index (χ0n) is 14.9. The van der Waals surface area contributed by atoms with Gasteiger partial charge in [-0.2, -0.15) is 0 Å². The van der Waals surface area contributed by atoms with Crippen LogP contribution in [0.5, 0.6) is 0 Å². The molecule has 1 atom stereocenters. The number of hydrogen-bond acceptors (Lipinski definition) is 6. The highest BCUT2D eigenvalue weighted by atomic mass is 127. The summed E-state index contributed by atoms with van der Waals surface area (Å²) in [5.41, 5.74) is -1.32. The number of carbonyl (C=O) groups excluding carboxylic acids is 3. The number of Topliss-reactive ketones (excluding diaryl/α,β-unsaturated/α-hetero) is 1. The van der Waals surface area contributed by atoms with E-state index in [0.29, 0.717) is 11.3 Å². The Kier molecular flexibility index (Phi) is 11.9. The van der Waals surface area contributed by atoms with Gasteiger partial charge in [-0.05, 0) is 18.1 Å². The average Bonchev–Trinajstić information content (AvgIpc) is 2.70. The number of terminal acetylenes is 1. The van der Waals surface area contributed by atoms with Gasteiger partial charge in [0, 0.05) is 28.0 Å². The highest BCUT2D eigenvalue weighted by Crippen LogP contribution is 2.24. The lowest BCUT2D eigenvalue weighted by atomic mass is 9.95. The molecule has 0 spiro atoms. The summed E-state index contributed by atoms with van der Waals surface area (Å²) in [5.74, 6) is 1.81. The summed E-state index contributed by atoms with van der Waals surface area (Å²) in [4.78, 5) is 36.8. The van der Waals surface area contributed by atoms with E-state index in [4.69, 9.17) is 39.1 Å². The van der Waals surface area contributed by atoms with Crippen LogP contribution in [-0.4, -0.2) is 51.9 Å². The van der Waals surface area contributed by atoms with Crippen LogP contribution in [0.25, 0.3) is 0 Å². The Morgan fingerprint density at radius 1 is 1.11 bits per heavy atom. The third-order valence-corrected chi connectivity index (χ3v) is 5.83. The number of ketones is 1. The van der Waals surface area contributed by atoms with E-state index in [1.54, 1.807) is 24.3 Å². The maximum absolute atomic E-state index is 12.8. The fourth-order valence-corrected chi connectivity index (χ4v) is 3.75. The molecule has 0 heterocycles. The quantitative estimate of drug-likeness (QED) is 0.0734. The Morgan fingerprint density at radius 2 is 1.71 bits per heavy atom. The van der Waals surface area contributed by atoms with Crippen LogP contribution >= 0.6 is 57.6 Å². The van der Waals surface area contributed by atoms with Gasteiger partial charge in [-0.3, -0.25) is 14.4 Å². The lowest BCUT2D eigenvalue weighted by Crippen LogP contribution is -2.44. The minimum Gasteiger partial charge on any atom is -0.465 e. The van der Waals surface area contributed by atoms with E-state index in [1.165, 1.54) is 11.8 Å². The van der Waals surface area contributed by atoms with Gasteiger partial charge >= 0.3 is 11.9 Å². The highest BCUT2D eigenvalue weighted by molar-refractivity contribution is 14.1. The number of halogens is 3. The number of alkyl halides is 3. The lowest BCUT2D eigenvalue weighted by molar-refractivity contribution is -0.149. The summed E-state index contributed by atoms with van der Waals surface area (Å²) in [6.45, 7) is 0.270. The standard InChI is InChI=1S/C19H19Cl2IO5S/c1-2-19(13-22,27-17(24)8-10-21)18(25)14-3-5-15(6-4-14)28-12-11-26-16(23)7-9-20/h1,3-6H,7-13H2. The monoisotopic (exact) mass is 556 g/mol. The van der Waals surface area contributed by atoms with Crippen LogP contribution in [0.3, 0.4) is 0 Å². The van der Waals surface area contributed by atoms with Gasteiger partial charge in [0.1, 0.15) is 6.61 Å². The number of ether oxygens (including phenoxy) is 2. The average molecular weight is 557 g/mol. The second kappa shape index (κ2) is 13.3. The van der Waals surface area contributed by atoms with Crippen molar-refractivity contribution in [2.45, 2.75) is 23.3 Å². The Labute approximate surface area is 192 Å². The normalized spacial score (nSPS) is 12.5. The van der Waals surface area contributed by atoms with Crippen molar-refractivity contribution in [1.82, 2.24) is 0 Å². The van der Waals surface area contributed by atoms with E-state index >= 15 is 0 Å². The Morgan fingerprint density at radius 3 is 2.25 bits per heavy atom. The largest absolute Gasteiger partial charge is 0.465 e. The van der Waals surface area contributed by atoms with Gasteiger partial charge in [0.05, 0.1) is 17.3 Å². The SMILES string of the molecule is C#CC(CI)(OC(=O)CCCl)C(=O)c1ccc(SCCOC(=O)CCCl)cc1. The molecule has 1 rings (SSSR count). The van der Waals surface area contributed by atoms with Gasteiger partial charge < -0.3 is 9.47 Å². The van der Waals surface area contributed by atoms with E-state index in [-0.39, 0.29) is 41.6 Å². The molecule has 0 aliphatic rings. The van der Waals surface area contributed by atoms with Gasteiger partial charge in [-0.25, -0.2) is 0 Å². The first-order valence-electron chi connectivity index (χ1n) is 8.23. The minimum absolute atomic E-state index is 0.0278. The molecule has 152 valence electrons. The van der Waals surface area contributed by atoms with Crippen LogP contribution in [0.1, 0.15) is 23.2 Å². The molecule has 28 heavy (non-hydrogen) atoms. The summed E-state index contributed by atoms with van der Waals surface area (Å²) < 4.78 is 10.4. The van der Waals surface area contributed by atoms with Gasteiger partial charge in [0.25, 0.3) is 0 Å². The van der Waals surface area contributed by atoms with E-state index in [9.17, 15) is 14.4 Å². The molecule has 5 nitrogen and oxygen atoms in total. The third kappa shape index (κ3) is 7.82. The highest BCUT2D eigenvalue weighted by Gasteiger charge is 2.40. The summed E-state index contributed by atoms with van der Waals surface area (Å²) in [7, 11) is 0. The molecule has 1 aromatic carbocycles. The number of thioether (sulfide) groups is 1. The fourth-order valence-electron chi connectivity index (χ4n) is 1.99. The molecule has 0 bridgehead atoms. The zero-order valence-corrected chi connectivity index (χ0v) is 19.4. The summed E-state index contributed by atoms with van der Waals surface area (Å²) in [5, 5.41) is 0. The van der Waals surface area contributed by atoms with Crippen molar-refractivity contribution in [2.75, 3.05) is 28.5 Å². The third-order valence-electron chi connectivity index (χ3n) is 3.41. The van der Waals surface area contributed by atoms with Crippen molar-refractivity contribution < 1.29 is 23.9 Å². The van der Waals surface area contributed by atoms with Crippen LogP contribution in [0.2, 0.25) is 0 Å². The first-order chi connectivity index (χ1) is 13.4. The molecule has 0 aliphatic carbocycles. The summed E-state index contributed by atoms with van der Waals surface area (Å²) in [6.07, 6.45) is 5.68. The van der Waals surface area contributed by atoms with Crippen molar-refractivity contribution >= 4 is 75.3 Å². The van der Waals surface area contributed by atoms with Gasteiger partial charge in [-0.15, -0.1) is 41.4 Å². The van der Waals surface area contributed by atoms with Crippen molar-refractivity contribution in [2.24, 2.45) is 0 Å². The topological polar surface area (TPSA) is 69.7 Å². The molecule has 0 saturated carbocycles. The number of benzene rings is 1. The van der Waals surface area contributed by atoms with Gasteiger partial charge in [0.15, 0.2) is 0 Å². The Bertz CT molecular complexity index is 720. The van der Waals surface area contributed by atoms with Crippen LogP contribution in [-0.2, 0) is 19.1 Å². The molecule has 0 aliphatic heterocycles. The molecule has 9 heteroatoms. The fraction of sp³-hybridized carbons (Fsp3) is 0.421. The summed E-state index contributed by atoms with van der Waals surface area (Å²) in [6, 6.07) is 6.76. The van der Waals surface area contributed by atoms with Crippen molar-refractivity contribution in [1.29, 1.82) is 0 Å². The molecule has 0 amide bonds.